The minimum absolute atomic E-state index is 0.724. The molecule has 5 heteroatoms. The average Bonchev–Trinajstić information content (AvgIpc) is 3.07. The molecule has 0 fully saturated rings. The molecular weight excluding hydrogens is 368 g/mol. The van der Waals surface area contributed by atoms with E-state index in [0.29, 0.717) is 0 Å². The van der Waals surface area contributed by atoms with Gasteiger partial charge < -0.3 is 9.47 Å². The zero-order valence-corrected chi connectivity index (χ0v) is 16.9. The molecule has 142 valence electrons. The van der Waals surface area contributed by atoms with E-state index in [1.54, 1.807) is 0 Å². The second kappa shape index (κ2) is 8.13. The molecule has 0 atom stereocenters. The van der Waals surface area contributed by atoms with Crippen LogP contribution < -0.4 is 0 Å². The van der Waals surface area contributed by atoms with Crippen LogP contribution in [0.15, 0.2) is 67.3 Å². The van der Waals surface area contributed by atoms with Crippen molar-refractivity contribution in [2.45, 2.75) is 13.0 Å². The lowest BCUT2D eigenvalue weighted by Crippen LogP contribution is -2.14. The van der Waals surface area contributed by atoms with Gasteiger partial charge in [-0.1, -0.05) is 23.7 Å². The molecule has 0 bridgehead atoms. The largest absolute Gasteiger partial charge is 0.345 e. The summed E-state index contributed by atoms with van der Waals surface area (Å²) in [6, 6.07) is 14.1. The summed E-state index contributed by atoms with van der Waals surface area (Å²) in [7, 11) is 4.21. The summed E-state index contributed by atoms with van der Waals surface area (Å²) in [5.41, 5.74) is 6.44. The average molecular weight is 391 g/mol. The molecule has 0 unspecified atom stereocenters. The van der Waals surface area contributed by atoms with Crippen molar-refractivity contribution in [3.05, 3.63) is 72.3 Å². The van der Waals surface area contributed by atoms with Crippen LogP contribution in [0.2, 0.25) is 5.02 Å². The summed E-state index contributed by atoms with van der Waals surface area (Å²) in [4.78, 5) is 11.4. The predicted molar refractivity (Wildman–Crippen MR) is 117 cm³/mol. The Morgan fingerprint density at radius 2 is 1.86 bits per heavy atom. The molecule has 0 aliphatic heterocycles. The number of rotatable bonds is 6. The summed E-state index contributed by atoms with van der Waals surface area (Å²) in [5, 5.41) is 0.724. The van der Waals surface area contributed by atoms with Crippen molar-refractivity contribution >= 4 is 22.6 Å². The van der Waals surface area contributed by atoms with Crippen LogP contribution in [0.1, 0.15) is 6.42 Å². The zero-order valence-electron chi connectivity index (χ0n) is 16.1. The van der Waals surface area contributed by atoms with Gasteiger partial charge in [0.15, 0.2) is 0 Å². The highest BCUT2D eigenvalue weighted by molar-refractivity contribution is 6.30. The molecule has 0 amide bonds. The Bertz CT molecular complexity index is 1100. The van der Waals surface area contributed by atoms with E-state index in [-0.39, 0.29) is 0 Å². The van der Waals surface area contributed by atoms with Crippen LogP contribution in [0, 0.1) is 0 Å². The number of nitrogens with zero attached hydrogens (tertiary/aromatic N) is 4. The van der Waals surface area contributed by atoms with Crippen molar-refractivity contribution in [3.63, 3.8) is 0 Å². The Balaban J connectivity index is 1.74. The molecule has 0 spiro atoms. The third kappa shape index (κ3) is 3.93. The number of aromatic nitrogens is 3. The monoisotopic (exact) mass is 390 g/mol. The van der Waals surface area contributed by atoms with Crippen molar-refractivity contribution in [1.29, 1.82) is 0 Å². The molecule has 3 heterocycles. The van der Waals surface area contributed by atoms with Gasteiger partial charge >= 0.3 is 0 Å². The topological polar surface area (TPSA) is 34.0 Å². The normalized spacial score (nSPS) is 11.4. The first kappa shape index (κ1) is 18.7. The van der Waals surface area contributed by atoms with Crippen LogP contribution >= 0.6 is 11.6 Å². The van der Waals surface area contributed by atoms with E-state index in [1.165, 1.54) is 0 Å². The van der Waals surface area contributed by atoms with Gasteiger partial charge in [-0.25, -0.2) is 0 Å². The van der Waals surface area contributed by atoms with E-state index in [4.69, 9.17) is 11.6 Å². The first-order valence-corrected chi connectivity index (χ1v) is 9.79. The van der Waals surface area contributed by atoms with E-state index < -0.39 is 0 Å². The van der Waals surface area contributed by atoms with E-state index in [0.717, 1.165) is 57.8 Å². The molecule has 0 saturated heterocycles. The summed E-state index contributed by atoms with van der Waals surface area (Å²) in [6.45, 7) is 2.02. The minimum Gasteiger partial charge on any atom is -0.345 e. The lowest BCUT2D eigenvalue weighted by molar-refractivity contribution is 0.388. The second-order valence-electron chi connectivity index (χ2n) is 7.24. The van der Waals surface area contributed by atoms with Gasteiger partial charge in [-0.2, -0.15) is 0 Å². The lowest BCUT2D eigenvalue weighted by Gasteiger charge is -2.10. The summed E-state index contributed by atoms with van der Waals surface area (Å²) >= 11 is 6.17. The maximum absolute atomic E-state index is 6.17. The van der Waals surface area contributed by atoms with Crippen LogP contribution in [0.5, 0.6) is 0 Å². The Morgan fingerprint density at radius 1 is 1.00 bits per heavy atom. The Kier molecular flexibility index (Phi) is 5.42. The molecular formula is C23H23ClN4. The maximum Gasteiger partial charge on any atom is 0.0959 e. The summed E-state index contributed by atoms with van der Waals surface area (Å²) in [5.74, 6) is 0. The van der Waals surface area contributed by atoms with Crippen LogP contribution in [-0.4, -0.2) is 40.1 Å². The highest BCUT2D eigenvalue weighted by Crippen LogP contribution is 2.32. The van der Waals surface area contributed by atoms with Crippen LogP contribution in [0.3, 0.4) is 0 Å². The predicted octanol–water partition coefficient (Wildman–Crippen LogP) is 5.37. The molecule has 0 aliphatic carbocycles. The smallest absolute Gasteiger partial charge is 0.0959 e. The third-order valence-corrected chi connectivity index (χ3v) is 5.08. The molecule has 0 saturated carbocycles. The van der Waals surface area contributed by atoms with Crippen LogP contribution in [-0.2, 0) is 6.54 Å². The first-order chi connectivity index (χ1) is 13.6. The van der Waals surface area contributed by atoms with Crippen molar-refractivity contribution in [1.82, 2.24) is 19.4 Å². The minimum atomic E-state index is 0.724. The Morgan fingerprint density at radius 3 is 2.68 bits per heavy atom. The van der Waals surface area contributed by atoms with Gasteiger partial charge in [-0.15, -0.1) is 0 Å². The maximum atomic E-state index is 6.17. The summed E-state index contributed by atoms with van der Waals surface area (Å²) < 4.78 is 2.30. The van der Waals surface area contributed by atoms with Crippen molar-refractivity contribution in [2.75, 3.05) is 20.6 Å². The molecule has 4 aromatic rings. The van der Waals surface area contributed by atoms with Gasteiger partial charge in [0.25, 0.3) is 0 Å². The van der Waals surface area contributed by atoms with Crippen molar-refractivity contribution in [2.24, 2.45) is 0 Å². The fourth-order valence-electron chi connectivity index (χ4n) is 3.49. The number of pyridine rings is 2. The third-order valence-electron chi connectivity index (χ3n) is 4.85. The molecule has 3 aromatic heterocycles. The standard InChI is InChI=1S/C23H23ClN4/c1-27(2)10-5-11-28-16-21(23-22(28)8-4-9-26-23)19-12-18(14-25-15-19)17-6-3-7-20(24)13-17/h3-4,6-9,12-16H,5,10-11H2,1-2H3. The molecule has 4 nitrogen and oxygen atoms in total. The fourth-order valence-corrected chi connectivity index (χ4v) is 3.68. The van der Waals surface area contributed by atoms with Crippen LogP contribution in [0.4, 0.5) is 0 Å². The van der Waals surface area contributed by atoms with Gasteiger partial charge in [0.1, 0.15) is 0 Å². The van der Waals surface area contributed by atoms with Crippen molar-refractivity contribution < 1.29 is 0 Å². The van der Waals surface area contributed by atoms with Gasteiger partial charge in [-0.05, 0) is 63.0 Å². The summed E-state index contributed by atoms with van der Waals surface area (Å²) in [6.07, 6.45) is 8.92. The highest BCUT2D eigenvalue weighted by Gasteiger charge is 2.12. The number of hydrogen-bond acceptors (Lipinski definition) is 3. The SMILES string of the molecule is CN(C)CCCn1cc(-c2cncc(-c3cccc(Cl)c3)c2)c2ncccc21. The van der Waals surface area contributed by atoms with Gasteiger partial charge in [-0.3, -0.25) is 9.97 Å². The molecule has 1 aromatic carbocycles. The number of halogens is 1. The van der Waals surface area contributed by atoms with Gasteiger partial charge in [0.05, 0.1) is 11.0 Å². The number of fused-ring (bicyclic) bond motifs is 1. The van der Waals surface area contributed by atoms with Gasteiger partial charge in [0, 0.05) is 53.0 Å². The molecule has 0 N–H and O–H groups in total. The molecule has 0 radical (unpaired) electrons. The van der Waals surface area contributed by atoms with Crippen molar-refractivity contribution in [3.8, 4) is 22.3 Å². The molecule has 28 heavy (non-hydrogen) atoms. The Labute approximate surface area is 170 Å². The van der Waals surface area contributed by atoms with E-state index in [9.17, 15) is 0 Å². The van der Waals surface area contributed by atoms with E-state index in [2.05, 4.69) is 57.9 Å². The van der Waals surface area contributed by atoms with E-state index >= 15 is 0 Å². The Hall–Kier alpha value is -2.69. The highest BCUT2D eigenvalue weighted by atomic mass is 35.5. The number of benzene rings is 1. The molecule has 0 aliphatic rings. The second-order valence-corrected chi connectivity index (χ2v) is 7.67. The number of hydrogen-bond donors (Lipinski definition) is 0. The fraction of sp³-hybridized carbons (Fsp3) is 0.217. The van der Waals surface area contributed by atoms with Gasteiger partial charge in [0.2, 0.25) is 0 Å². The zero-order chi connectivity index (χ0) is 19.5. The number of aryl methyl sites for hydroxylation is 1. The molecule has 4 rings (SSSR count). The first-order valence-electron chi connectivity index (χ1n) is 9.42. The van der Waals surface area contributed by atoms with Crippen LogP contribution in [0.25, 0.3) is 33.3 Å². The quantitative estimate of drug-likeness (QED) is 0.443. The lowest BCUT2D eigenvalue weighted by atomic mass is 10.0. The van der Waals surface area contributed by atoms with E-state index in [1.807, 2.05) is 42.9 Å².